The summed E-state index contributed by atoms with van der Waals surface area (Å²) < 4.78 is 0. The molecule has 2 heteroatoms. The number of aryl methyl sites for hydroxylation is 1. The average molecular weight is 501 g/mol. The molecule has 2 aromatic carbocycles. The van der Waals surface area contributed by atoms with E-state index >= 15 is 0 Å². The van der Waals surface area contributed by atoms with Gasteiger partial charge in [-0.05, 0) is 68.7 Å². The van der Waals surface area contributed by atoms with Gasteiger partial charge in [0.05, 0.1) is 22.8 Å². The van der Waals surface area contributed by atoms with Crippen molar-refractivity contribution in [3.05, 3.63) is 72.3 Å². The zero-order chi connectivity index (χ0) is 26.4. The minimum Gasteiger partial charge on any atom is -0.252 e. The van der Waals surface area contributed by atoms with E-state index in [0.717, 1.165) is 61.3 Å². The maximum Gasteiger partial charge on any atom is 0.0665 e. The smallest absolute Gasteiger partial charge is 0.0665 e. The maximum atomic E-state index is 5.21. The molecule has 0 unspecified atom stereocenters. The van der Waals surface area contributed by atoms with Gasteiger partial charge in [0.1, 0.15) is 0 Å². The normalized spacial score (nSPS) is 12.5. The number of hydrogen-bond acceptors (Lipinski definition) is 2. The summed E-state index contributed by atoms with van der Waals surface area (Å²) in [6.07, 6.45) is 24.8. The van der Waals surface area contributed by atoms with Crippen molar-refractivity contribution in [2.75, 3.05) is 0 Å². The van der Waals surface area contributed by atoms with Gasteiger partial charge in [0.2, 0.25) is 0 Å². The molecule has 0 spiro atoms. The second-order valence-electron chi connectivity index (χ2n) is 10.2. The average Bonchev–Trinajstić information content (AvgIpc) is 2.93. The van der Waals surface area contributed by atoms with E-state index in [1.165, 1.54) is 69.8 Å². The van der Waals surface area contributed by atoms with Gasteiger partial charge in [-0.25, -0.2) is 0 Å². The molecule has 0 saturated carbocycles. The second kappa shape index (κ2) is 20.6. The third-order valence-electron chi connectivity index (χ3n) is 6.92. The van der Waals surface area contributed by atoms with Gasteiger partial charge < -0.3 is 0 Å². The standard InChI is InChI=1S/C35H52N2/c1-4-7-9-10-11-12-13-14-15-16-17-18-20-25-31-26-23-24-30-34(31)37-35(29-8-5-2)33(6-3)36-32-27-21-19-22-28-32/h17-19,21-24,26-28,30H,4-16,20,25,29H2,1-3H3. The van der Waals surface area contributed by atoms with Crippen LogP contribution in [0.3, 0.4) is 0 Å². The van der Waals surface area contributed by atoms with Crippen LogP contribution in [0.25, 0.3) is 0 Å². The molecule has 0 aliphatic rings. The van der Waals surface area contributed by atoms with E-state index in [9.17, 15) is 0 Å². The van der Waals surface area contributed by atoms with E-state index in [1.807, 2.05) is 18.2 Å². The first kappa shape index (κ1) is 30.7. The Morgan fingerprint density at radius 1 is 0.595 bits per heavy atom. The van der Waals surface area contributed by atoms with Crippen molar-refractivity contribution in [1.82, 2.24) is 0 Å². The molecule has 0 aliphatic carbocycles. The van der Waals surface area contributed by atoms with Crippen LogP contribution in [0, 0.1) is 0 Å². The highest BCUT2D eigenvalue weighted by atomic mass is 14.8. The highest BCUT2D eigenvalue weighted by Gasteiger charge is 2.10. The lowest BCUT2D eigenvalue weighted by Gasteiger charge is -2.11. The fraction of sp³-hybridized carbons (Fsp3) is 0.543. The Labute approximate surface area is 228 Å². The van der Waals surface area contributed by atoms with E-state index < -0.39 is 0 Å². The number of aliphatic imine (C=N–C) groups is 2. The Bertz CT molecular complexity index is 923. The summed E-state index contributed by atoms with van der Waals surface area (Å²) in [4.78, 5) is 10.2. The largest absolute Gasteiger partial charge is 0.252 e. The molecule has 37 heavy (non-hydrogen) atoms. The lowest BCUT2D eigenvalue weighted by atomic mass is 10.0. The molecule has 202 valence electrons. The van der Waals surface area contributed by atoms with Gasteiger partial charge >= 0.3 is 0 Å². The number of rotatable bonds is 20. The lowest BCUT2D eigenvalue weighted by molar-refractivity contribution is 0.566. The van der Waals surface area contributed by atoms with Gasteiger partial charge in [0.25, 0.3) is 0 Å². The molecule has 2 rings (SSSR count). The van der Waals surface area contributed by atoms with Crippen LogP contribution in [0.2, 0.25) is 0 Å². The first-order chi connectivity index (χ1) is 18.3. The molecular weight excluding hydrogens is 448 g/mol. The molecule has 0 aliphatic heterocycles. The summed E-state index contributed by atoms with van der Waals surface area (Å²) in [5.41, 5.74) is 5.69. The fourth-order valence-electron chi connectivity index (χ4n) is 4.64. The molecule has 2 nitrogen and oxygen atoms in total. The van der Waals surface area contributed by atoms with Crippen molar-refractivity contribution in [3.8, 4) is 0 Å². The summed E-state index contributed by atoms with van der Waals surface area (Å²) in [6.45, 7) is 6.72. The number of unbranched alkanes of at least 4 members (excludes halogenated alkanes) is 10. The molecular formula is C35H52N2. The number of allylic oxidation sites excluding steroid dienone is 2. The number of benzene rings is 2. The van der Waals surface area contributed by atoms with Crippen molar-refractivity contribution in [3.63, 3.8) is 0 Å². The molecule has 0 fully saturated rings. The Hall–Kier alpha value is -2.48. The molecule has 0 saturated heterocycles. The van der Waals surface area contributed by atoms with Gasteiger partial charge in [-0.15, -0.1) is 0 Å². The van der Waals surface area contributed by atoms with E-state index in [1.54, 1.807) is 0 Å². The SMILES string of the molecule is CCCCCCCCCCCC=CCCc1ccccc1N=C(CCCC)C(CC)=Nc1ccccc1. The zero-order valence-electron chi connectivity index (χ0n) is 24.1. The van der Waals surface area contributed by atoms with Gasteiger partial charge in [-0.1, -0.05) is 127 Å². The van der Waals surface area contributed by atoms with E-state index in [4.69, 9.17) is 9.98 Å². The predicted molar refractivity (Wildman–Crippen MR) is 166 cm³/mol. The minimum absolute atomic E-state index is 0.890. The van der Waals surface area contributed by atoms with Crippen LogP contribution in [0.15, 0.2) is 76.7 Å². The summed E-state index contributed by atoms with van der Waals surface area (Å²) >= 11 is 0. The van der Waals surface area contributed by atoms with E-state index in [-0.39, 0.29) is 0 Å². The first-order valence-corrected chi connectivity index (χ1v) is 15.2. The molecule has 2 aromatic rings. The Balaban J connectivity index is 1.90. The van der Waals surface area contributed by atoms with Crippen LogP contribution in [-0.2, 0) is 6.42 Å². The van der Waals surface area contributed by atoms with Crippen LogP contribution >= 0.6 is 0 Å². The Kier molecular flexibility index (Phi) is 17.1. The summed E-state index contributed by atoms with van der Waals surface area (Å²) in [5, 5.41) is 0. The summed E-state index contributed by atoms with van der Waals surface area (Å²) in [6, 6.07) is 18.9. The van der Waals surface area contributed by atoms with Gasteiger partial charge in [-0.3, -0.25) is 9.98 Å². The van der Waals surface area contributed by atoms with Gasteiger partial charge in [0.15, 0.2) is 0 Å². The number of para-hydroxylation sites is 2. The van der Waals surface area contributed by atoms with Gasteiger partial charge in [0, 0.05) is 0 Å². The first-order valence-electron chi connectivity index (χ1n) is 15.2. The van der Waals surface area contributed by atoms with Crippen molar-refractivity contribution >= 4 is 22.8 Å². The highest BCUT2D eigenvalue weighted by Crippen LogP contribution is 2.23. The summed E-state index contributed by atoms with van der Waals surface area (Å²) in [5.74, 6) is 0. The van der Waals surface area contributed by atoms with E-state index in [2.05, 4.69) is 69.3 Å². The topological polar surface area (TPSA) is 24.7 Å². The van der Waals surface area contributed by atoms with Crippen molar-refractivity contribution in [2.45, 2.75) is 124 Å². The van der Waals surface area contributed by atoms with Crippen LogP contribution in [-0.4, -0.2) is 11.4 Å². The van der Waals surface area contributed by atoms with Crippen molar-refractivity contribution in [2.24, 2.45) is 9.98 Å². The van der Waals surface area contributed by atoms with Crippen LogP contribution in [0.4, 0.5) is 11.4 Å². The second-order valence-corrected chi connectivity index (χ2v) is 10.2. The van der Waals surface area contributed by atoms with E-state index in [0.29, 0.717) is 0 Å². The predicted octanol–water partition coefficient (Wildman–Crippen LogP) is 11.5. The quantitative estimate of drug-likeness (QED) is 0.0981. The molecule has 0 amide bonds. The van der Waals surface area contributed by atoms with Crippen molar-refractivity contribution < 1.29 is 0 Å². The maximum absolute atomic E-state index is 5.21. The molecule has 0 atom stereocenters. The number of hydrogen-bond donors (Lipinski definition) is 0. The minimum atomic E-state index is 0.890. The molecule has 0 heterocycles. The summed E-state index contributed by atoms with van der Waals surface area (Å²) in [7, 11) is 0. The molecule has 0 aromatic heterocycles. The Morgan fingerprint density at radius 2 is 1.22 bits per heavy atom. The van der Waals surface area contributed by atoms with Crippen molar-refractivity contribution in [1.29, 1.82) is 0 Å². The monoisotopic (exact) mass is 500 g/mol. The third-order valence-corrected chi connectivity index (χ3v) is 6.92. The fourth-order valence-corrected chi connectivity index (χ4v) is 4.64. The van der Waals surface area contributed by atoms with Crippen LogP contribution in [0.1, 0.15) is 123 Å². The zero-order valence-corrected chi connectivity index (χ0v) is 24.1. The molecule has 0 bridgehead atoms. The molecule has 0 N–H and O–H groups in total. The van der Waals surface area contributed by atoms with Gasteiger partial charge in [-0.2, -0.15) is 0 Å². The number of nitrogens with zero attached hydrogens (tertiary/aromatic N) is 2. The van der Waals surface area contributed by atoms with Crippen LogP contribution in [0.5, 0.6) is 0 Å². The Morgan fingerprint density at radius 3 is 1.92 bits per heavy atom. The lowest BCUT2D eigenvalue weighted by Crippen LogP contribution is -2.13. The van der Waals surface area contributed by atoms with Crippen LogP contribution < -0.4 is 0 Å². The third kappa shape index (κ3) is 13.6. The highest BCUT2D eigenvalue weighted by molar-refractivity contribution is 6.43. The molecule has 0 radical (unpaired) electrons.